The van der Waals surface area contributed by atoms with Crippen LogP contribution in [0.3, 0.4) is 0 Å². The molecule has 0 spiro atoms. The molecule has 0 saturated heterocycles. The van der Waals surface area contributed by atoms with Gasteiger partial charge in [-0.1, -0.05) is 32.4 Å². The Hall–Kier alpha value is -3.27. The maximum Gasteiger partial charge on any atom is 0.411 e. The van der Waals surface area contributed by atoms with Gasteiger partial charge >= 0.3 is 12.1 Å². The summed E-state index contributed by atoms with van der Waals surface area (Å²) < 4.78 is 16.7. The predicted octanol–water partition coefficient (Wildman–Crippen LogP) is 4.19. The highest BCUT2D eigenvalue weighted by Gasteiger charge is 2.24. The molecule has 0 saturated carbocycles. The minimum Gasteiger partial charge on any atom is -0.492 e. The SMILES string of the molecule is CCOc1ccc(-c2nc3c(Cl)c(C(C)(C)C)[nH]n3n2)cc1NC(=O)OCCC(=O)OC. The third-order valence-electron chi connectivity index (χ3n) is 4.53. The minimum atomic E-state index is -0.727. The smallest absolute Gasteiger partial charge is 0.411 e. The number of esters is 1. The van der Waals surface area contributed by atoms with Gasteiger partial charge in [-0.15, -0.1) is 5.10 Å². The molecule has 0 aliphatic carbocycles. The molecule has 3 aromatic rings. The quantitative estimate of drug-likeness (QED) is 0.504. The molecule has 0 aliphatic rings. The number of benzene rings is 1. The van der Waals surface area contributed by atoms with Crippen molar-refractivity contribution >= 4 is 35.0 Å². The monoisotopic (exact) mass is 463 g/mol. The maximum atomic E-state index is 12.2. The Morgan fingerprint density at radius 2 is 2.03 bits per heavy atom. The van der Waals surface area contributed by atoms with Gasteiger partial charge in [0.15, 0.2) is 11.5 Å². The molecule has 1 amide bonds. The van der Waals surface area contributed by atoms with Gasteiger partial charge in [-0.25, -0.2) is 9.78 Å². The summed E-state index contributed by atoms with van der Waals surface area (Å²) in [6.45, 7) is 8.26. The van der Waals surface area contributed by atoms with Gasteiger partial charge in [0, 0.05) is 11.0 Å². The number of hydrogen-bond donors (Lipinski definition) is 2. The summed E-state index contributed by atoms with van der Waals surface area (Å²) in [5.41, 5.74) is 2.18. The van der Waals surface area contributed by atoms with Crippen LogP contribution in [0.4, 0.5) is 10.5 Å². The van der Waals surface area contributed by atoms with Gasteiger partial charge < -0.3 is 14.2 Å². The number of carbonyl (C=O) groups is 2. The standard InChI is InChI=1S/C21H26ClN5O5/c1-6-31-14-8-7-12(11-13(14)23-20(29)32-10-9-15(28)30-5)18-24-19-16(22)17(21(2,3)4)25-27(19)26-18/h7-8,11,25H,6,9-10H2,1-5H3,(H,23,29). The molecule has 11 heteroatoms. The number of ether oxygens (including phenoxy) is 3. The van der Waals surface area contributed by atoms with E-state index in [1.807, 2.05) is 27.7 Å². The summed E-state index contributed by atoms with van der Waals surface area (Å²) in [5, 5.41) is 10.8. The van der Waals surface area contributed by atoms with Crippen molar-refractivity contribution in [2.24, 2.45) is 0 Å². The lowest BCUT2D eigenvalue weighted by Gasteiger charge is -2.16. The van der Waals surface area contributed by atoms with Crippen molar-refractivity contribution < 1.29 is 23.8 Å². The van der Waals surface area contributed by atoms with Crippen LogP contribution in [0.15, 0.2) is 18.2 Å². The summed E-state index contributed by atoms with van der Waals surface area (Å²) in [6.07, 6.45) is -0.765. The second-order valence-corrected chi connectivity index (χ2v) is 8.33. The van der Waals surface area contributed by atoms with Crippen molar-refractivity contribution in [3.8, 4) is 17.1 Å². The Balaban J connectivity index is 1.85. The van der Waals surface area contributed by atoms with Crippen LogP contribution in [0.1, 0.15) is 39.8 Å². The number of nitrogens with one attached hydrogen (secondary N) is 2. The molecule has 172 valence electrons. The van der Waals surface area contributed by atoms with Crippen LogP contribution in [0.25, 0.3) is 17.0 Å². The third kappa shape index (κ3) is 5.13. The van der Waals surface area contributed by atoms with Crippen molar-refractivity contribution in [1.82, 2.24) is 19.8 Å². The highest BCUT2D eigenvalue weighted by molar-refractivity contribution is 6.34. The number of rotatable bonds is 7. The maximum absolute atomic E-state index is 12.2. The first-order valence-electron chi connectivity index (χ1n) is 10.1. The van der Waals surface area contributed by atoms with Gasteiger partial charge in [0.25, 0.3) is 0 Å². The minimum absolute atomic E-state index is 0.0375. The van der Waals surface area contributed by atoms with E-state index in [1.54, 1.807) is 18.2 Å². The van der Waals surface area contributed by atoms with E-state index in [9.17, 15) is 9.59 Å². The molecule has 0 fully saturated rings. The summed E-state index contributed by atoms with van der Waals surface area (Å²) >= 11 is 6.51. The second-order valence-electron chi connectivity index (χ2n) is 7.95. The van der Waals surface area contributed by atoms with Gasteiger partial charge in [-0.05, 0) is 25.1 Å². The number of aromatic nitrogens is 4. The van der Waals surface area contributed by atoms with Crippen molar-refractivity contribution in [3.63, 3.8) is 0 Å². The Bertz CT molecular complexity index is 1130. The fourth-order valence-electron chi connectivity index (χ4n) is 2.94. The zero-order valence-corrected chi connectivity index (χ0v) is 19.4. The van der Waals surface area contributed by atoms with Gasteiger partial charge in [-0.2, -0.15) is 4.63 Å². The van der Waals surface area contributed by atoms with Crippen LogP contribution in [-0.2, 0) is 19.7 Å². The number of amides is 1. The van der Waals surface area contributed by atoms with Crippen LogP contribution >= 0.6 is 11.6 Å². The van der Waals surface area contributed by atoms with Gasteiger partial charge in [-0.3, -0.25) is 15.2 Å². The highest BCUT2D eigenvalue weighted by atomic mass is 35.5. The Morgan fingerprint density at radius 1 is 1.28 bits per heavy atom. The lowest BCUT2D eigenvalue weighted by Crippen LogP contribution is -2.17. The molecule has 3 rings (SSSR count). The number of hydrogen-bond acceptors (Lipinski definition) is 7. The van der Waals surface area contributed by atoms with E-state index in [1.165, 1.54) is 11.7 Å². The zero-order chi connectivity index (χ0) is 23.5. The number of methoxy groups -OCH3 is 1. The number of carbonyl (C=O) groups excluding carboxylic acids is 2. The van der Waals surface area contributed by atoms with E-state index in [4.69, 9.17) is 21.1 Å². The molecule has 2 heterocycles. The number of H-pyrrole nitrogens is 1. The molecule has 0 bridgehead atoms. The van der Waals surface area contributed by atoms with E-state index in [0.717, 1.165) is 5.69 Å². The Morgan fingerprint density at radius 3 is 2.66 bits per heavy atom. The normalized spacial score (nSPS) is 11.4. The van der Waals surface area contributed by atoms with Crippen LogP contribution in [0.2, 0.25) is 5.02 Å². The second kappa shape index (κ2) is 9.47. The first-order chi connectivity index (χ1) is 15.1. The average molecular weight is 464 g/mol. The van der Waals surface area contributed by atoms with Crippen LogP contribution in [-0.4, -0.2) is 52.2 Å². The lowest BCUT2D eigenvalue weighted by atomic mass is 9.92. The molecule has 32 heavy (non-hydrogen) atoms. The van der Waals surface area contributed by atoms with Gasteiger partial charge in [0.2, 0.25) is 0 Å². The molecular formula is C21H26ClN5O5. The molecule has 2 N–H and O–H groups in total. The molecule has 1 aromatic carbocycles. The number of anilines is 1. The number of nitrogens with zero attached hydrogens (tertiary/aromatic N) is 3. The summed E-state index contributed by atoms with van der Waals surface area (Å²) in [5.74, 6) is 0.410. The van der Waals surface area contributed by atoms with Crippen molar-refractivity contribution in [1.29, 1.82) is 0 Å². The van der Waals surface area contributed by atoms with E-state index < -0.39 is 12.1 Å². The van der Waals surface area contributed by atoms with Crippen LogP contribution < -0.4 is 10.1 Å². The number of fused-ring (bicyclic) bond motifs is 1. The van der Waals surface area contributed by atoms with E-state index in [-0.39, 0.29) is 18.4 Å². The number of halogens is 1. The first kappa shape index (κ1) is 23.4. The zero-order valence-electron chi connectivity index (χ0n) is 18.6. The third-order valence-corrected chi connectivity index (χ3v) is 4.89. The molecule has 10 nitrogen and oxygen atoms in total. The molecule has 0 radical (unpaired) electrons. The number of aromatic amines is 1. The summed E-state index contributed by atoms with van der Waals surface area (Å²) in [4.78, 5) is 27.9. The van der Waals surface area contributed by atoms with Crippen LogP contribution in [0, 0.1) is 0 Å². The molecule has 0 unspecified atom stereocenters. The summed E-state index contributed by atoms with van der Waals surface area (Å²) in [7, 11) is 1.27. The fourth-order valence-corrected chi connectivity index (χ4v) is 3.39. The van der Waals surface area contributed by atoms with Gasteiger partial charge in [0.1, 0.15) is 17.4 Å². The fraction of sp³-hybridized carbons (Fsp3) is 0.429. The van der Waals surface area contributed by atoms with E-state index in [0.29, 0.717) is 40.1 Å². The molecule has 2 aromatic heterocycles. The van der Waals surface area contributed by atoms with E-state index >= 15 is 0 Å². The first-order valence-corrected chi connectivity index (χ1v) is 10.4. The predicted molar refractivity (Wildman–Crippen MR) is 119 cm³/mol. The Kier molecular flexibility index (Phi) is 6.93. The van der Waals surface area contributed by atoms with Crippen molar-refractivity contribution in [3.05, 3.63) is 28.9 Å². The molecule has 0 aliphatic heterocycles. The highest BCUT2D eigenvalue weighted by Crippen LogP contribution is 2.33. The van der Waals surface area contributed by atoms with Crippen LogP contribution in [0.5, 0.6) is 5.75 Å². The van der Waals surface area contributed by atoms with Crippen molar-refractivity contribution in [2.45, 2.75) is 39.5 Å². The molecule has 0 atom stereocenters. The largest absolute Gasteiger partial charge is 0.492 e. The van der Waals surface area contributed by atoms with Crippen molar-refractivity contribution in [2.75, 3.05) is 25.6 Å². The average Bonchev–Trinajstić information content (AvgIpc) is 3.28. The molecular weight excluding hydrogens is 438 g/mol. The van der Waals surface area contributed by atoms with Gasteiger partial charge in [0.05, 0.1) is 31.5 Å². The Labute approximate surface area is 190 Å². The van der Waals surface area contributed by atoms with E-state index in [2.05, 4.69) is 25.2 Å². The topological polar surface area (TPSA) is 120 Å². The lowest BCUT2D eigenvalue weighted by molar-refractivity contribution is -0.141. The summed E-state index contributed by atoms with van der Waals surface area (Å²) in [6, 6.07) is 5.17.